The predicted octanol–water partition coefficient (Wildman–Crippen LogP) is 4.90. The molecule has 6 nitrogen and oxygen atoms in total. The van der Waals surface area contributed by atoms with Crippen molar-refractivity contribution in [3.05, 3.63) is 46.2 Å². The zero-order valence-corrected chi connectivity index (χ0v) is 15.6. The molecular weight excluding hydrogens is 365 g/mol. The third-order valence-electron chi connectivity index (χ3n) is 2.97. The number of rotatable bonds is 4. The first kappa shape index (κ1) is 19.1. The van der Waals surface area contributed by atoms with E-state index in [0.717, 1.165) is 0 Å². The Bertz CT molecular complexity index is 756. The first-order valence-corrected chi connectivity index (χ1v) is 8.22. The van der Waals surface area contributed by atoms with E-state index in [2.05, 4.69) is 10.3 Å². The largest absolute Gasteiger partial charge is 0.487 e. The number of ether oxygens (including phenoxy) is 2. The normalized spacial score (nSPS) is 11.1. The van der Waals surface area contributed by atoms with Gasteiger partial charge in [-0.15, -0.1) is 0 Å². The average molecular weight is 384 g/mol. The Hall–Kier alpha value is -2.18. The molecule has 1 heterocycles. The highest BCUT2D eigenvalue weighted by Gasteiger charge is 2.16. The molecule has 0 aliphatic carbocycles. The number of benzene rings is 1. The summed E-state index contributed by atoms with van der Waals surface area (Å²) in [4.78, 5) is 15.7. The number of nitrogens with one attached hydrogen (secondary N) is 1. The SMILES string of the molecule is CC(C)(C)OC(=O)Nc1ccc(OCc2c(Cl)ccnc2Cl)c(N)c1. The van der Waals surface area contributed by atoms with E-state index in [1.165, 1.54) is 6.20 Å². The zero-order chi connectivity index (χ0) is 18.6. The number of halogens is 2. The number of carbonyl (C=O) groups is 1. The van der Waals surface area contributed by atoms with Crippen LogP contribution in [0.2, 0.25) is 10.2 Å². The Morgan fingerprint density at radius 1 is 1.28 bits per heavy atom. The second-order valence-corrected chi connectivity index (χ2v) is 7.00. The van der Waals surface area contributed by atoms with Gasteiger partial charge in [0.05, 0.1) is 10.7 Å². The number of hydrogen-bond acceptors (Lipinski definition) is 5. The number of aromatic nitrogens is 1. The van der Waals surface area contributed by atoms with Crippen LogP contribution >= 0.6 is 23.2 Å². The number of nitrogens with zero attached hydrogens (tertiary/aromatic N) is 1. The molecule has 0 spiro atoms. The number of hydrogen-bond donors (Lipinski definition) is 2. The number of carbonyl (C=O) groups excluding carboxylic acids is 1. The number of nitrogen functional groups attached to an aromatic ring is 1. The molecule has 0 saturated heterocycles. The van der Waals surface area contributed by atoms with Crippen molar-refractivity contribution in [2.75, 3.05) is 11.1 Å². The second-order valence-electron chi connectivity index (χ2n) is 6.23. The summed E-state index contributed by atoms with van der Waals surface area (Å²) >= 11 is 12.1. The maximum atomic E-state index is 11.8. The van der Waals surface area contributed by atoms with Crippen molar-refractivity contribution >= 4 is 40.7 Å². The second kappa shape index (κ2) is 7.80. The molecule has 0 fully saturated rings. The molecule has 134 valence electrons. The van der Waals surface area contributed by atoms with Gasteiger partial charge in [0, 0.05) is 17.4 Å². The van der Waals surface area contributed by atoms with E-state index in [-0.39, 0.29) is 11.8 Å². The Balaban J connectivity index is 2.03. The van der Waals surface area contributed by atoms with Crippen molar-refractivity contribution in [2.24, 2.45) is 0 Å². The summed E-state index contributed by atoms with van der Waals surface area (Å²) in [5.41, 5.74) is 6.80. The third kappa shape index (κ3) is 5.69. The number of amides is 1. The van der Waals surface area contributed by atoms with Crippen LogP contribution in [0.15, 0.2) is 30.5 Å². The van der Waals surface area contributed by atoms with E-state index >= 15 is 0 Å². The van der Waals surface area contributed by atoms with Crippen molar-refractivity contribution in [1.29, 1.82) is 0 Å². The summed E-state index contributed by atoms with van der Waals surface area (Å²) in [6.07, 6.45) is 0.953. The average Bonchev–Trinajstić information content (AvgIpc) is 2.46. The van der Waals surface area contributed by atoms with E-state index in [1.54, 1.807) is 45.0 Å². The standard InChI is InChI=1S/C17H19Cl2N3O3/c1-17(2,3)25-16(23)22-10-4-5-14(13(20)8-10)24-9-11-12(18)6-7-21-15(11)19/h4-8H,9,20H2,1-3H3,(H,22,23). The van der Waals surface area contributed by atoms with Gasteiger partial charge >= 0.3 is 6.09 Å². The van der Waals surface area contributed by atoms with Crippen LogP contribution in [0, 0.1) is 0 Å². The van der Waals surface area contributed by atoms with Crippen molar-refractivity contribution in [1.82, 2.24) is 4.98 Å². The summed E-state index contributed by atoms with van der Waals surface area (Å²) in [7, 11) is 0. The van der Waals surface area contributed by atoms with Gasteiger partial charge in [-0.2, -0.15) is 0 Å². The molecule has 0 aliphatic rings. The Morgan fingerprint density at radius 3 is 2.60 bits per heavy atom. The molecule has 0 radical (unpaired) electrons. The van der Waals surface area contributed by atoms with Crippen LogP contribution in [-0.4, -0.2) is 16.7 Å². The molecule has 0 saturated carbocycles. The van der Waals surface area contributed by atoms with Crippen LogP contribution in [0.5, 0.6) is 5.75 Å². The van der Waals surface area contributed by atoms with E-state index in [4.69, 9.17) is 38.4 Å². The highest BCUT2D eigenvalue weighted by molar-refractivity contribution is 6.35. The van der Waals surface area contributed by atoms with E-state index in [0.29, 0.717) is 27.7 Å². The van der Waals surface area contributed by atoms with Gasteiger partial charge in [0.15, 0.2) is 0 Å². The topological polar surface area (TPSA) is 86.5 Å². The lowest BCUT2D eigenvalue weighted by Gasteiger charge is -2.20. The van der Waals surface area contributed by atoms with Crippen LogP contribution in [0.3, 0.4) is 0 Å². The van der Waals surface area contributed by atoms with Gasteiger partial charge in [-0.3, -0.25) is 5.32 Å². The van der Waals surface area contributed by atoms with E-state index in [9.17, 15) is 4.79 Å². The van der Waals surface area contributed by atoms with Gasteiger partial charge in [0.1, 0.15) is 23.1 Å². The van der Waals surface area contributed by atoms with E-state index in [1.807, 2.05) is 0 Å². The number of nitrogens with two attached hydrogens (primary N) is 1. The smallest absolute Gasteiger partial charge is 0.412 e. The van der Waals surface area contributed by atoms with Gasteiger partial charge in [0.2, 0.25) is 0 Å². The van der Waals surface area contributed by atoms with Gasteiger partial charge in [-0.25, -0.2) is 9.78 Å². The molecule has 0 atom stereocenters. The predicted molar refractivity (Wildman–Crippen MR) is 99.3 cm³/mol. The molecule has 3 N–H and O–H groups in total. The zero-order valence-electron chi connectivity index (χ0n) is 14.1. The Labute approximate surface area is 156 Å². The van der Waals surface area contributed by atoms with Crippen molar-refractivity contribution < 1.29 is 14.3 Å². The van der Waals surface area contributed by atoms with Gasteiger partial charge in [-0.05, 0) is 45.0 Å². The monoisotopic (exact) mass is 383 g/mol. The molecular formula is C17H19Cl2N3O3. The molecule has 1 amide bonds. The summed E-state index contributed by atoms with van der Waals surface area (Å²) in [5.74, 6) is 0.436. The quantitative estimate of drug-likeness (QED) is 0.579. The van der Waals surface area contributed by atoms with Crippen LogP contribution < -0.4 is 15.8 Å². The first-order chi connectivity index (χ1) is 11.7. The molecule has 1 aromatic heterocycles. The van der Waals surface area contributed by atoms with Gasteiger partial charge < -0.3 is 15.2 Å². The highest BCUT2D eigenvalue weighted by Crippen LogP contribution is 2.29. The summed E-state index contributed by atoms with van der Waals surface area (Å²) < 4.78 is 10.8. The fourth-order valence-corrected chi connectivity index (χ4v) is 2.36. The van der Waals surface area contributed by atoms with Crippen molar-refractivity contribution in [2.45, 2.75) is 33.0 Å². The first-order valence-electron chi connectivity index (χ1n) is 7.47. The molecule has 2 aromatic rings. The van der Waals surface area contributed by atoms with Crippen molar-refractivity contribution in [3.63, 3.8) is 0 Å². The minimum Gasteiger partial charge on any atom is -0.487 e. The van der Waals surface area contributed by atoms with Gasteiger partial charge in [-0.1, -0.05) is 23.2 Å². The third-order valence-corrected chi connectivity index (χ3v) is 3.65. The summed E-state index contributed by atoms with van der Waals surface area (Å²) in [6, 6.07) is 6.50. The van der Waals surface area contributed by atoms with Crippen LogP contribution in [0.1, 0.15) is 26.3 Å². The van der Waals surface area contributed by atoms with Gasteiger partial charge in [0.25, 0.3) is 0 Å². The number of anilines is 2. The molecule has 2 rings (SSSR count). The molecule has 0 unspecified atom stereocenters. The maximum Gasteiger partial charge on any atom is 0.412 e. The maximum absolute atomic E-state index is 11.8. The van der Waals surface area contributed by atoms with Crippen LogP contribution in [0.4, 0.5) is 16.2 Å². The Morgan fingerprint density at radius 2 is 2.00 bits per heavy atom. The highest BCUT2D eigenvalue weighted by atomic mass is 35.5. The van der Waals surface area contributed by atoms with Crippen LogP contribution in [-0.2, 0) is 11.3 Å². The summed E-state index contributed by atoms with van der Waals surface area (Å²) in [6.45, 7) is 5.47. The van der Waals surface area contributed by atoms with E-state index < -0.39 is 11.7 Å². The minimum absolute atomic E-state index is 0.120. The number of pyridine rings is 1. The van der Waals surface area contributed by atoms with Crippen LogP contribution in [0.25, 0.3) is 0 Å². The lowest BCUT2D eigenvalue weighted by molar-refractivity contribution is 0.0636. The fraction of sp³-hybridized carbons (Fsp3) is 0.294. The molecule has 0 aliphatic heterocycles. The molecule has 0 bridgehead atoms. The lowest BCUT2D eigenvalue weighted by Crippen LogP contribution is -2.27. The minimum atomic E-state index is -0.582. The fourth-order valence-electron chi connectivity index (χ4n) is 1.90. The molecule has 8 heteroatoms. The molecule has 25 heavy (non-hydrogen) atoms. The summed E-state index contributed by atoms with van der Waals surface area (Å²) in [5, 5.41) is 3.34. The lowest BCUT2D eigenvalue weighted by atomic mass is 10.2. The van der Waals surface area contributed by atoms with Crippen molar-refractivity contribution in [3.8, 4) is 5.75 Å². The Kier molecular flexibility index (Phi) is 5.98. The molecule has 1 aromatic carbocycles.